The van der Waals surface area contributed by atoms with Gasteiger partial charge in [0.15, 0.2) is 0 Å². The molecule has 7 nitrogen and oxygen atoms in total. The van der Waals surface area contributed by atoms with Gasteiger partial charge in [-0.2, -0.15) is 0 Å². The van der Waals surface area contributed by atoms with Crippen LogP contribution in [-0.2, 0) is 14.8 Å². The molecule has 1 N–H and O–H groups in total. The van der Waals surface area contributed by atoms with Crippen molar-refractivity contribution in [3.8, 4) is 5.75 Å². The number of nitrogens with one attached hydrogen (secondary N) is 1. The molecule has 1 aromatic rings. The Morgan fingerprint density at radius 2 is 1.93 bits per heavy atom. The van der Waals surface area contributed by atoms with E-state index in [1.54, 1.807) is 4.90 Å². The minimum atomic E-state index is -4.85. The maximum Gasteiger partial charge on any atom is 0.573 e. The first-order valence-corrected chi connectivity index (χ1v) is 10.3. The maximum atomic E-state index is 12.3. The number of halogens is 3. The number of amides is 1. The normalized spacial score (nSPS) is 18.4. The summed E-state index contributed by atoms with van der Waals surface area (Å²) in [5.41, 5.74) is 0. The summed E-state index contributed by atoms with van der Waals surface area (Å²) < 4.78 is 66.9. The molecule has 0 saturated carbocycles. The molecular weight excluding hydrogens is 399 g/mol. The molecule has 1 fully saturated rings. The summed E-state index contributed by atoms with van der Waals surface area (Å²) >= 11 is 0. The summed E-state index contributed by atoms with van der Waals surface area (Å²) in [6.45, 7) is 1.17. The van der Waals surface area contributed by atoms with Crippen molar-refractivity contribution in [2.45, 2.75) is 36.6 Å². The lowest BCUT2D eigenvalue weighted by Gasteiger charge is -2.36. The van der Waals surface area contributed by atoms with E-state index in [1.165, 1.54) is 0 Å². The second-order valence-corrected chi connectivity index (χ2v) is 8.53. The maximum absolute atomic E-state index is 12.3. The molecule has 158 valence electrons. The first kappa shape index (κ1) is 22.4. The molecule has 1 saturated heterocycles. The van der Waals surface area contributed by atoms with Crippen molar-refractivity contribution < 1.29 is 31.1 Å². The molecule has 1 aliphatic heterocycles. The number of carbonyl (C=O) groups is 1. The topological polar surface area (TPSA) is 79.0 Å². The van der Waals surface area contributed by atoms with Gasteiger partial charge in [-0.1, -0.05) is 0 Å². The Kier molecular flexibility index (Phi) is 7.29. The molecule has 0 aliphatic carbocycles. The third-order valence-electron chi connectivity index (χ3n) is 4.48. The van der Waals surface area contributed by atoms with Gasteiger partial charge in [0.2, 0.25) is 15.9 Å². The van der Waals surface area contributed by atoms with Gasteiger partial charge in [-0.3, -0.25) is 4.79 Å². The number of likely N-dealkylation sites (N-methyl/N-ethyl adjacent to an activating group) is 1. The van der Waals surface area contributed by atoms with Crippen molar-refractivity contribution in [3.05, 3.63) is 24.3 Å². The minimum Gasteiger partial charge on any atom is -0.406 e. The fourth-order valence-electron chi connectivity index (χ4n) is 2.96. The Morgan fingerprint density at radius 1 is 1.29 bits per heavy atom. The number of piperidine rings is 1. The summed E-state index contributed by atoms with van der Waals surface area (Å²) in [5.74, 6) is -0.648. The highest BCUT2D eigenvalue weighted by Gasteiger charge is 2.31. The monoisotopic (exact) mass is 423 g/mol. The van der Waals surface area contributed by atoms with Crippen LogP contribution in [0.4, 0.5) is 13.2 Å². The van der Waals surface area contributed by atoms with Gasteiger partial charge in [-0.25, -0.2) is 13.1 Å². The number of carbonyl (C=O) groups excluding carboxylic acids is 1. The van der Waals surface area contributed by atoms with Gasteiger partial charge >= 0.3 is 6.36 Å². The second-order valence-electron chi connectivity index (χ2n) is 6.77. The van der Waals surface area contributed by atoms with Crippen LogP contribution in [0.1, 0.15) is 19.3 Å². The molecule has 1 heterocycles. The van der Waals surface area contributed by atoms with Crippen LogP contribution in [0.2, 0.25) is 0 Å². The summed E-state index contributed by atoms with van der Waals surface area (Å²) in [6.07, 6.45) is -2.93. The first-order valence-electron chi connectivity index (χ1n) is 8.77. The van der Waals surface area contributed by atoms with Crippen LogP contribution in [0.3, 0.4) is 0 Å². The number of alkyl halides is 3. The zero-order valence-corrected chi connectivity index (χ0v) is 16.5. The van der Waals surface area contributed by atoms with Gasteiger partial charge in [0, 0.05) is 32.1 Å². The Morgan fingerprint density at radius 3 is 2.50 bits per heavy atom. The van der Waals surface area contributed by atoms with Gasteiger partial charge < -0.3 is 14.5 Å². The third kappa shape index (κ3) is 6.64. The minimum absolute atomic E-state index is 0.00858. The molecular formula is C17H24F3N3O4S. The van der Waals surface area contributed by atoms with Crippen molar-refractivity contribution in [1.29, 1.82) is 0 Å². The van der Waals surface area contributed by atoms with E-state index in [4.69, 9.17) is 0 Å². The lowest BCUT2D eigenvalue weighted by molar-refractivity contribution is -0.274. The molecule has 1 atom stereocenters. The van der Waals surface area contributed by atoms with E-state index < -0.39 is 22.1 Å². The third-order valence-corrected chi connectivity index (χ3v) is 5.96. The molecule has 28 heavy (non-hydrogen) atoms. The summed E-state index contributed by atoms with van der Waals surface area (Å²) in [7, 11) is -0.0248. The Balaban J connectivity index is 1.86. The lowest BCUT2D eigenvalue weighted by Crippen LogP contribution is -2.48. The highest BCUT2D eigenvalue weighted by atomic mass is 32.2. The van der Waals surface area contributed by atoms with E-state index in [0.29, 0.717) is 13.1 Å². The number of nitrogens with zero attached hydrogens (tertiary/aromatic N) is 2. The van der Waals surface area contributed by atoms with Gasteiger partial charge in [-0.05, 0) is 51.2 Å². The van der Waals surface area contributed by atoms with Gasteiger partial charge in [0.05, 0.1) is 4.90 Å². The van der Waals surface area contributed by atoms with Crippen molar-refractivity contribution >= 4 is 15.9 Å². The van der Waals surface area contributed by atoms with Crippen molar-refractivity contribution in [3.63, 3.8) is 0 Å². The zero-order chi connectivity index (χ0) is 20.9. The number of ether oxygens (including phenoxy) is 1. The molecule has 0 spiro atoms. The number of rotatable bonds is 7. The quantitative estimate of drug-likeness (QED) is 0.724. The second kappa shape index (κ2) is 9.10. The van der Waals surface area contributed by atoms with Crippen molar-refractivity contribution in [1.82, 2.24) is 14.5 Å². The molecule has 1 amide bonds. The molecule has 1 aliphatic rings. The fraction of sp³-hybridized carbons (Fsp3) is 0.588. The Hall–Kier alpha value is -1.85. The van der Waals surface area contributed by atoms with E-state index in [-0.39, 0.29) is 29.8 Å². The SMILES string of the molecule is CN(C)C1CCCN(C(=O)CCNS(=O)(=O)c2ccc(OC(F)(F)F)cc2)C1. The van der Waals surface area contributed by atoms with Crippen LogP contribution < -0.4 is 9.46 Å². The predicted octanol–water partition coefficient (Wildman–Crippen LogP) is 1.81. The summed E-state index contributed by atoms with van der Waals surface area (Å²) in [5, 5.41) is 0. The Labute approximate surface area is 162 Å². The number of likely N-dealkylation sites (tertiary alicyclic amines) is 1. The molecule has 1 unspecified atom stereocenters. The summed E-state index contributed by atoms with van der Waals surface area (Å²) in [4.78, 5) is 15.9. The molecule has 0 bridgehead atoms. The van der Waals surface area contributed by atoms with Gasteiger partial charge in [0.25, 0.3) is 0 Å². The number of hydrogen-bond donors (Lipinski definition) is 1. The standard InChI is InChI=1S/C17H24F3N3O4S/c1-22(2)13-4-3-11-23(12-13)16(24)9-10-21-28(25,26)15-7-5-14(6-8-15)27-17(18,19)20/h5-8,13,21H,3-4,9-12H2,1-2H3. The highest BCUT2D eigenvalue weighted by Crippen LogP contribution is 2.23. The van der Waals surface area contributed by atoms with Crippen molar-refractivity contribution in [2.75, 3.05) is 33.7 Å². The Bertz CT molecular complexity index is 767. The van der Waals surface area contributed by atoms with Crippen LogP contribution in [0.5, 0.6) is 5.75 Å². The molecule has 2 rings (SSSR count). The van der Waals surface area contributed by atoms with Crippen LogP contribution >= 0.6 is 0 Å². The van der Waals surface area contributed by atoms with Crippen LogP contribution in [0, 0.1) is 0 Å². The average molecular weight is 423 g/mol. The van der Waals surface area contributed by atoms with Crippen LogP contribution in [0.25, 0.3) is 0 Å². The van der Waals surface area contributed by atoms with E-state index in [0.717, 1.165) is 37.1 Å². The average Bonchev–Trinajstić information content (AvgIpc) is 2.60. The molecule has 0 radical (unpaired) electrons. The molecule has 0 aromatic heterocycles. The largest absolute Gasteiger partial charge is 0.573 e. The van der Waals surface area contributed by atoms with E-state index in [1.807, 2.05) is 14.1 Å². The lowest BCUT2D eigenvalue weighted by atomic mass is 10.0. The predicted molar refractivity (Wildman–Crippen MR) is 96.2 cm³/mol. The van der Waals surface area contributed by atoms with E-state index in [9.17, 15) is 26.4 Å². The van der Waals surface area contributed by atoms with Gasteiger partial charge in [0.1, 0.15) is 5.75 Å². The van der Waals surface area contributed by atoms with Crippen molar-refractivity contribution in [2.24, 2.45) is 0 Å². The highest BCUT2D eigenvalue weighted by molar-refractivity contribution is 7.89. The van der Waals surface area contributed by atoms with Crippen LogP contribution in [-0.4, -0.2) is 70.3 Å². The number of sulfonamides is 1. The van der Waals surface area contributed by atoms with Crippen LogP contribution in [0.15, 0.2) is 29.2 Å². The number of hydrogen-bond acceptors (Lipinski definition) is 5. The first-order chi connectivity index (χ1) is 13.0. The molecule has 11 heteroatoms. The summed E-state index contributed by atoms with van der Waals surface area (Å²) in [6, 6.07) is 4.14. The van der Waals surface area contributed by atoms with E-state index in [2.05, 4.69) is 14.4 Å². The van der Waals surface area contributed by atoms with E-state index >= 15 is 0 Å². The van der Waals surface area contributed by atoms with Gasteiger partial charge in [-0.15, -0.1) is 13.2 Å². The molecule has 1 aromatic carbocycles. The number of benzene rings is 1. The fourth-order valence-corrected chi connectivity index (χ4v) is 3.99. The zero-order valence-electron chi connectivity index (χ0n) is 15.7. The smallest absolute Gasteiger partial charge is 0.406 e.